The first-order chi connectivity index (χ1) is 7.68. The summed E-state index contributed by atoms with van der Waals surface area (Å²) in [5, 5.41) is 12.2. The van der Waals surface area contributed by atoms with Crippen molar-refractivity contribution in [1.82, 2.24) is 10.2 Å². The lowest BCUT2D eigenvalue weighted by molar-refractivity contribution is -0.132. The second-order valence-corrected chi connectivity index (χ2v) is 4.45. The quantitative estimate of drug-likeness (QED) is 0.739. The van der Waals surface area contributed by atoms with E-state index >= 15 is 0 Å². The van der Waals surface area contributed by atoms with Crippen LogP contribution in [0.4, 0.5) is 0 Å². The Morgan fingerprint density at radius 2 is 2.38 bits per heavy atom. The molecule has 0 radical (unpaired) electrons. The van der Waals surface area contributed by atoms with Gasteiger partial charge in [-0.1, -0.05) is 6.42 Å². The van der Waals surface area contributed by atoms with Gasteiger partial charge in [-0.15, -0.1) is 0 Å². The van der Waals surface area contributed by atoms with Gasteiger partial charge in [0.1, 0.15) is 0 Å². The number of hydrogen-bond acceptors (Lipinski definition) is 3. The van der Waals surface area contributed by atoms with Crippen LogP contribution in [0.1, 0.15) is 26.2 Å². The van der Waals surface area contributed by atoms with Gasteiger partial charge in [-0.3, -0.25) is 4.90 Å². The van der Waals surface area contributed by atoms with Crippen molar-refractivity contribution in [3.63, 3.8) is 0 Å². The van der Waals surface area contributed by atoms with Crippen LogP contribution in [0.3, 0.4) is 0 Å². The molecule has 0 amide bonds. The molecule has 2 heterocycles. The molecule has 2 N–H and O–H groups in total. The zero-order valence-electron chi connectivity index (χ0n) is 9.52. The van der Waals surface area contributed by atoms with Gasteiger partial charge in [0.05, 0.1) is 11.7 Å². The van der Waals surface area contributed by atoms with Crippen LogP contribution in [0, 0.1) is 0 Å². The van der Waals surface area contributed by atoms with Crippen molar-refractivity contribution in [3.8, 4) is 0 Å². The fourth-order valence-electron chi connectivity index (χ4n) is 2.38. The number of nitrogens with one attached hydrogen (secondary N) is 1. The molecule has 0 aromatic rings. The highest BCUT2D eigenvalue weighted by Gasteiger charge is 2.26. The Balaban J connectivity index is 2.09. The number of dihydropyridines is 1. The van der Waals surface area contributed by atoms with E-state index < -0.39 is 5.97 Å². The highest BCUT2D eigenvalue weighted by molar-refractivity contribution is 5.90. The number of carboxylic acids is 1. The smallest absolute Gasteiger partial charge is 0.335 e. The topological polar surface area (TPSA) is 52.6 Å². The Morgan fingerprint density at radius 1 is 1.56 bits per heavy atom. The number of hydrogen-bond donors (Lipinski definition) is 2. The molecule has 16 heavy (non-hydrogen) atoms. The van der Waals surface area contributed by atoms with Crippen LogP contribution in [0.2, 0.25) is 0 Å². The molecule has 2 aliphatic rings. The van der Waals surface area contributed by atoms with Crippen molar-refractivity contribution in [2.45, 2.75) is 38.4 Å². The fraction of sp³-hybridized carbons (Fsp3) is 0.583. The second-order valence-electron chi connectivity index (χ2n) is 4.45. The van der Waals surface area contributed by atoms with Crippen molar-refractivity contribution >= 4 is 5.97 Å². The molecule has 0 spiro atoms. The van der Waals surface area contributed by atoms with Gasteiger partial charge < -0.3 is 10.4 Å². The summed E-state index contributed by atoms with van der Waals surface area (Å²) >= 11 is 0. The van der Waals surface area contributed by atoms with Gasteiger partial charge in [-0.05, 0) is 38.1 Å². The predicted molar refractivity (Wildman–Crippen MR) is 61.8 cm³/mol. The molecule has 2 rings (SSSR count). The van der Waals surface area contributed by atoms with Crippen LogP contribution >= 0.6 is 0 Å². The van der Waals surface area contributed by atoms with Crippen molar-refractivity contribution in [2.75, 3.05) is 6.54 Å². The zero-order chi connectivity index (χ0) is 11.5. The molecule has 0 aromatic carbocycles. The summed E-state index contributed by atoms with van der Waals surface area (Å²) in [6.07, 6.45) is 8.83. The van der Waals surface area contributed by atoms with Crippen LogP contribution in [-0.4, -0.2) is 34.7 Å². The summed E-state index contributed by atoms with van der Waals surface area (Å²) in [5.41, 5.74) is 0.376. The molecule has 1 fully saturated rings. The van der Waals surface area contributed by atoms with E-state index in [2.05, 4.69) is 17.1 Å². The third-order valence-electron chi connectivity index (χ3n) is 3.33. The average molecular weight is 222 g/mol. The van der Waals surface area contributed by atoms with Crippen LogP contribution in [-0.2, 0) is 4.79 Å². The average Bonchev–Trinajstić information content (AvgIpc) is 2.30. The number of carboxylic acid groups (broad SMARTS) is 1. The second kappa shape index (κ2) is 4.70. The summed E-state index contributed by atoms with van der Waals surface area (Å²) in [7, 11) is 0. The Morgan fingerprint density at radius 3 is 3.06 bits per heavy atom. The molecule has 4 heteroatoms. The molecule has 4 nitrogen and oxygen atoms in total. The maximum Gasteiger partial charge on any atom is 0.335 e. The SMILES string of the molecule is C[C@H]1CCCCN1C1C=C(C(=O)O)C=CN1. The van der Waals surface area contributed by atoms with E-state index in [1.54, 1.807) is 18.4 Å². The highest BCUT2D eigenvalue weighted by Crippen LogP contribution is 2.20. The number of rotatable bonds is 2. The van der Waals surface area contributed by atoms with Crippen LogP contribution in [0.5, 0.6) is 0 Å². The maximum absolute atomic E-state index is 10.9. The minimum absolute atomic E-state index is 0.0337. The Labute approximate surface area is 95.6 Å². The normalized spacial score (nSPS) is 30.7. The molecule has 0 saturated carbocycles. The minimum atomic E-state index is -0.854. The molecule has 2 atom stereocenters. The first-order valence-electron chi connectivity index (χ1n) is 5.82. The third-order valence-corrected chi connectivity index (χ3v) is 3.33. The third kappa shape index (κ3) is 2.27. The van der Waals surface area contributed by atoms with E-state index in [4.69, 9.17) is 5.11 Å². The van der Waals surface area contributed by atoms with E-state index in [0.29, 0.717) is 11.6 Å². The molecule has 0 aromatic heterocycles. The molecule has 0 aliphatic carbocycles. The Hall–Kier alpha value is -1.29. The summed E-state index contributed by atoms with van der Waals surface area (Å²) in [6.45, 7) is 3.24. The molecular weight excluding hydrogens is 204 g/mol. The summed E-state index contributed by atoms with van der Waals surface area (Å²) in [4.78, 5) is 13.2. The van der Waals surface area contributed by atoms with E-state index in [9.17, 15) is 4.79 Å². The fourth-order valence-corrected chi connectivity index (χ4v) is 2.38. The number of piperidine rings is 1. The van der Waals surface area contributed by atoms with Crippen LogP contribution in [0.15, 0.2) is 23.9 Å². The largest absolute Gasteiger partial charge is 0.478 e. The van der Waals surface area contributed by atoms with E-state index in [1.807, 2.05) is 0 Å². The maximum atomic E-state index is 10.9. The minimum Gasteiger partial charge on any atom is -0.478 e. The van der Waals surface area contributed by atoms with Crippen LogP contribution in [0.25, 0.3) is 0 Å². The highest BCUT2D eigenvalue weighted by atomic mass is 16.4. The monoisotopic (exact) mass is 222 g/mol. The van der Waals surface area contributed by atoms with Gasteiger partial charge in [0, 0.05) is 12.6 Å². The van der Waals surface area contributed by atoms with Crippen molar-refractivity contribution in [3.05, 3.63) is 23.9 Å². The molecule has 1 unspecified atom stereocenters. The van der Waals surface area contributed by atoms with E-state index in [0.717, 1.165) is 6.54 Å². The lowest BCUT2D eigenvalue weighted by Crippen LogP contribution is -2.50. The van der Waals surface area contributed by atoms with E-state index in [-0.39, 0.29) is 6.17 Å². The van der Waals surface area contributed by atoms with E-state index in [1.165, 1.54) is 19.3 Å². The Bertz CT molecular complexity index is 336. The van der Waals surface area contributed by atoms with Gasteiger partial charge in [0.15, 0.2) is 0 Å². The first-order valence-corrected chi connectivity index (χ1v) is 5.82. The first kappa shape index (κ1) is 11.2. The number of nitrogens with zero attached hydrogens (tertiary/aromatic N) is 1. The van der Waals surface area contributed by atoms with Gasteiger partial charge in [-0.25, -0.2) is 4.79 Å². The number of carbonyl (C=O) groups is 1. The zero-order valence-corrected chi connectivity index (χ0v) is 9.52. The standard InChI is InChI=1S/C12H18N2O2/c1-9-4-2-3-7-14(9)11-8-10(12(15)16)5-6-13-11/h5-6,8-9,11,13H,2-4,7H2,1H3,(H,15,16)/t9-,11?/m0/s1. The summed E-state index contributed by atoms with van der Waals surface area (Å²) in [6, 6.07) is 0.518. The van der Waals surface area contributed by atoms with Crippen molar-refractivity contribution in [2.24, 2.45) is 0 Å². The molecule has 2 aliphatic heterocycles. The number of aliphatic carboxylic acids is 1. The predicted octanol–water partition coefficient (Wildman–Crippen LogP) is 1.31. The lowest BCUT2D eigenvalue weighted by Gasteiger charge is -2.39. The molecule has 88 valence electrons. The van der Waals surface area contributed by atoms with Crippen LogP contribution < -0.4 is 5.32 Å². The molecule has 1 saturated heterocycles. The van der Waals surface area contributed by atoms with Gasteiger partial charge in [0.25, 0.3) is 0 Å². The van der Waals surface area contributed by atoms with Gasteiger partial charge >= 0.3 is 5.97 Å². The molecule has 0 bridgehead atoms. The summed E-state index contributed by atoms with van der Waals surface area (Å²) < 4.78 is 0. The van der Waals surface area contributed by atoms with Crippen molar-refractivity contribution in [1.29, 1.82) is 0 Å². The van der Waals surface area contributed by atoms with Crippen molar-refractivity contribution < 1.29 is 9.90 Å². The van der Waals surface area contributed by atoms with Gasteiger partial charge in [0.2, 0.25) is 0 Å². The molecular formula is C12H18N2O2. The summed E-state index contributed by atoms with van der Waals surface area (Å²) in [5.74, 6) is -0.854. The number of likely N-dealkylation sites (tertiary alicyclic amines) is 1. The Kier molecular flexibility index (Phi) is 3.29. The van der Waals surface area contributed by atoms with Gasteiger partial charge in [-0.2, -0.15) is 0 Å². The lowest BCUT2D eigenvalue weighted by atomic mass is 10.0.